The molecule has 6 nitrogen and oxygen atoms in total. The quantitative estimate of drug-likeness (QED) is 0.163. The van der Waals surface area contributed by atoms with Crippen molar-refractivity contribution in [3.63, 3.8) is 0 Å². The molecule has 53 heavy (non-hydrogen) atoms. The van der Waals surface area contributed by atoms with Gasteiger partial charge in [0.25, 0.3) is 11.8 Å². The maximum absolute atomic E-state index is 13.7. The van der Waals surface area contributed by atoms with E-state index in [4.69, 9.17) is 33.2 Å². The number of para-hydroxylation sites is 2. The van der Waals surface area contributed by atoms with Gasteiger partial charge in [-0.1, -0.05) is 96.0 Å². The van der Waals surface area contributed by atoms with Crippen molar-refractivity contribution in [1.82, 2.24) is 20.6 Å². The number of rotatable bonds is 8. The van der Waals surface area contributed by atoms with E-state index >= 15 is 0 Å². The number of hydrogen-bond acceptors (Lipinski definition) is 4. The van der Waals surface area contributed by atoms with Crippen molar-refractivity contribution in [3.8, 4) is 22.5 Å². The first-order valence-corrected chi connectivity index (χ1v) is 19.6. The molecule has 2 heterocycles. The van der Waals surface area contributed by atoms with E-state index in [0.29, 0.717) is 44.4 Å². The molecule has 2 N–H and O–H groups in total. The lowest BCUT2D eigenvalue weighted by Gasteiger charge is -2.34. The van der Waals surface area contributed by atoms with Crippen molar-refractivity contribution >= 4 is 56.8 Å². The molecule has 0 unspecified atom stereocenters. The van der Waals surface area contributed by atoms with Gasteiger partial charge in [0, 0.05) is 44.0 Å². The number of fused-ring (bicyclic) bond motifs is 2. The maximum atomic E-state index is 13.7. The molecule has 2 saturated carbocycles. The van der Waals surface area contributed by atoms with Crippen molar-refractivity contribution < 1.29 is 9.59 Å². The predicted molar refractivity (Wildman–Crippen MR) is 215 cm³/mol. The lowest BCUT2D eigenvalue weighted by molar-refractivity contribution is 0.0919. The summed E-state index contributed by atoms with van der Waals surface area (Å²) in [6.07, 6.45) is 9.62. The molecule has 8 rings (SSSR count). The van der Waals surface area contributed by atoms with E-state index in [1.807, 2.05) is 109 Å². The highest BCUT2D eigenvalue weighted by molar-refractivity contribution is 6.33. The average Bonchev–Trinajstić information content (AvgIpc) is 3.19. The lowest BCUT2D eigenvalue weighted by Crippen LogP contribution is -2.39. The van der Waals surface area contributed by atoms with E-state index in [0.717, 1.165) is 84.3 Å². The first-order valence-electron chi connectivity index (χ1n) is 18.8. The fraction of sp³-hybridized carbons (Fsp3) is 0.289. The van der Waals surface area contributed by atoms with Gasteiger partial charge in [0.05, 0.1) is 33.5 Å². The Morgan fingerprint density at radius 3 is 1.32 bits per heavy atom. The number of halogens is 2. The van der Waals surface area contributed by atoms with E-state index in [1.54, 1.807) is 0 Å². The maximum Gasteiger partial charge on any atom is 0.252 e. The number of nitrogens with one attached hydrogen (secondary N) is 2. The number of aromatic nitrogens is 2. The Morgan fingerprint density at radius 1 is 0.528 bits per heavy atom. The molecule has 4 aromatic carbocycles. The molecule has 0 bridgehead atoms. The smallest absolute Gasteiger partial charge is 0.252 e. The molecule has 2 fully saturated rings. The summed E-state index contributed by atoms with van der Waals surface area (Å²) >= 11 is 13.0. The third-order valence-corrected chi connectivity index (χ3v) is 11.9. The Hall–Kier alpha value is -4.78. The first-order chi connectivity index (χ1) is 25.9. The Bertz CT molecular complexity index is 2130. The Balaban J connectivity index is 0.848. The van der Waals surface area contributed by atoms with Crippen LogP contribution in [0.5, 0.6) is 0 Å². The zero-order chi connectivity index (χ0) is 36.3. The van der Waals surface area contributed by atoms with Crippen LogP contribution < -0.4 is 10.6 Å². The zero-order valence-electron chi connectivity index (χ0n) is 29.5. The monoisotopic (exact) mass is 740 g/mol. The first kappa shape index (κ1) is 35.3. The zero-order valence-corrected chi connectivity index (χ0v) is 31.0. The molecule has 0 saturated heterocycles. The summed E-state index contributed by atoms with van der Waals surface area (Å²) in [5, 5.41) is 9.63. The molecular weight excluding hydrogens is 699 g/mol. The molecule has 0 aliphatic heterocycles. The lowest BCUT2D eigenvalue weighted by atomic mass is 9.75. The summed E-state index contributed by atoms with van der Waals surface area (Å²) in [6, 6.07) is 34.9. The van der Waals surface area contributed by atoms with Crippen LogP contribution in [0.15, 0.2) is 109 Å². The predicted octanol–water partition coefficient (Wildman–Crippen LogP) is 11.1. The Kier molecular flexibility index (Phi) is 10.4. The van der Waals surface area contributed by atoms with Crippen molar-refractivity contribution in [2.24, 2.45) is 11.8 Å². The highest BCUT2D eigenvalue weighted by atomic mass is 35.5. The summed E-state index contributed by atoms with van der Waals surface area (Å²) in [7, 11) is 0. The second-order valence-corrected chi connectivity index (χ2v) is 15.5. The van der Waals surface area contributed by atoms with E-state index in [-0.39, 0.29) is 23.9 Å². The highest BCUT2D eigenvalue weighted by Crippen LogP contribution is 2.37. The van der Waals surface area contributed by atoms with Crippen LogP contribution in [-0.2, 0) is 0 Å². The van der Waals surface area contributed by atoms with Gasteiger partial charge in [-0.15, -0.1) is 0 Å². The number of benzene rings is 4. The number of hydrogen-bond donors (Lipinski definition) is 2. The van der Waals surface area contributed by atoms with E-state index in [9.17, 15) is 9.59 Å². The standard InChI is InChI=1S/C45H42Cl2N4O2/c46-38-13-5-1-11-34(38)42-26-36(32-9-3-7-15-40(32)50-42)44(52)48-30-21-17-28(18-22-30)25-29-19-23-31(24-20-29)49-45(53)37-27-43(35-12-2-6-14-39(35)47)51-41-16-8-4-10-33(37)41/h1-16,26-31H,17-25H2,(H,48,52)(H,49,53). The van der Waals surface area contributed by atoms with Gasteiger partial charge in [0.2, 0.25) is 0 Å². The SMILES string of the molecule is O=C(NC1CCC(CC2CCC(NC(=O)c3cc(-c4ccccc4Cl)nc4ccccc34)CC2)CC1)c1cc(-c2ccccc2Cl)nc2ccccc12. The molecule has 2 amide bonds. The normalized spacial score (nSPS) is 20.3. The van der Waals surface area contributed by atoms with Gasteiger partial charge in [-0.05, 0) is 106 Å². The van der Waals surface area contributed by atoms with Crippen LogP contribution in [0.4, 0.5) is 0 Å². The summed E-state index contributed by atoms with van der Waals surface area (Å²) in [5.74, 6) is 1.22. The van der Waals surface area contributed by atoms with E-state index in [1.165, 1.54) is 6.42 Å². The number of nitrogens with zero attached hydrogens (tertiary/aromatic N) is 2. The molecule has 2 aromatic heterocycles. The number of amides is 2. The van der Waals surface area contributed by atoms with E-state index < -0.39 is 0 Å². The van der Waals surface area contributed by atoms with Gasteiger partial charge in [-0.2, -0.15) is 0 Å². The molecule has 8 heteroatoms. The average molecular weight is 742 g/mol. The fourth-order valence-electron chi connectivity index (χ4n) is 8.42. The van der Waals surface area contributed by atoms with Gasteiger partial charge in [-0.3, -0.25) is 9.59 Å². The van der Waals surface area contributed by atoms with Crippen LogP contribution >= 0.6 is 23.2 Å². The fourth-order valence-corrected chi connectivity index (χ4v) is 8.89. The molecule has 6 aromatic rings. The number of pyridine rings is 2. The third-order valence-electron chi connectivity index (χ3n) is 11.3. The van der Waals surface area contributed by atoms with Crippen LogP contribution in [0.2, 0.25) is 10.0 Å². The summed E-state index contributed by atoms with van der Waals surface area (Å²) in [5.41, 5.74) is 5.86. The summed E-state index contributed by atoms with van der Waals surface area (Å²) < 4.78 is 0. The third kappa shape index (κ3) is 7.81. The van der Waals surface area contributed by atoms with Crippen LogP contribution in [-0.4, -0.2) is 33.9 Å². The van der Waals surface area contributed by atoms with Crippen molar-refractivity contribution in [2.75, 3.05) is 0 Å². The van der Waals surface area contributed by atoms with Crippen molar-refractivity contribution in [3.05, 3.63) is 130 Å². The largest absolute Gasteiger partial charge is 0.349 e. The molecule has 268 valence electrons. The second-order valence-electron chi connectivity index (χ2n) is 14.7. The minimum Gasteiger partial charge on any atom is -0.349 e. The van der Waals surface area contributed by atoms with Crippen LogP contribution in [0.25, 0.3) is 44.3 Å². The van der Waals surface area contributed by atoms with Gasteiger partial charge in [-0.25, -0.2) is 9.97 Å². The molecule has 0 spiro atoms. The van der Waals surface area contributed by atoms with Crippen molar-refractivity contribution in [2.45, 2.75) is 69.9 Å². The minimum atomic E-state index is -0.0550. The minimum absolute atomic E-state index is 0.0550. The van der Waals surface area contributed by atoms with Crippen LogP contribution in [0.1, 0.15) is 78.5 Å². The van der Waals surface area contributed by atoms with Gasteiger partial charge in [0.1, 0.15) is 0 Å². The topological polar surface area (TPSA) is 84.0 Å². The highest BCUT2D eigenvalue weighted by Gasteiger charge is 2.29. The van der Waals surface area contributed by atoms with Gasteiger partial charge >= 0.3 is 0 Å². The molecule has 0 atom stereocenters. The van der Waals surface area contributed by atoms with Crippen molar-refractivity contribution in [1.29, 1.82) is 0 Å². The van der Waals surface area contributed by atoms with Crippen LogP contribution in [0, 0.1) is 11.8 Å². The van der Waals surface area contributed by atoms with Gasteiger partial charge < -0.3 is 10.6 Å². The molecule has 2 aliphatic rings. The Morgan fingerprint density at radius 2 is 0.906 bits per heavy atom. The molecule has 2 aliphatic carbocycles. The summed E-state index contributed by atoms with van der Waals surface area (Å²) in [4.78, 5) is 37.1. The number of carbonyl (C=O) groups is 2. The summed E-state index contributed by atoms with van der Waals surface area (Å²) in [6.45, 7) is 0. The second kappa shape index (κ2) is 15.7. The number of carbonyl (C=O) groups excluding carboxylic acids is 2. The van der Waals surface area contributed by atoms with Crippen LogP contribution in [0.3, 0.4) is 0 Å². The van der Waals surface area contributed by atoms with E-state index in [2.05, 4.69) is 10.6 Å². The Labute approximate surface area is 320 Å². The van der Waals surface area contributed by atoms with Gasteiger partial charge in [0.15, 0.2) is 0 Å². The molecular formula is C45H42Cl2N4O2. The molecule has 0 radical (unpaired) electrons.